The van der Waals surface area contributed by atoms with Crippen molar-refractivity contribution in [2.45, 2.75) is 51.0 Å². The average Bonchev–Trinajstić information content (AvgIpc) is 2.84. The third-order valence-electron chi connectivity index (χ3n) is 6.54. The Morgan fingerprint density at radius 3 is 2.55 bits per heavy atom. The van der Waals surface area contributed by atoms with Gasteiger partial charge < -0.3 is 16.0 Å². The highest BCUT2D eigenvalue weighted by Gasteiger charge is 2.27. The molecule has 0 unspecified atom stereocenters. The van der Waals surface area contributed by atoms with Gasteiger partial charge in [-0.3, -0.25) is 18.8 Å². The van der Waals surface area contributed by atoms with Gasteiger partial charge in [-0.05, 0) is 43.9 Å². The van der Waals surface area contributed by atoms with Gasteiger partial charge in [0.25, 0.3) is 11.5 Å². The monoisotopic (exact) mass is 448 g/mol. The van der Waals surface area contributed by atoms with Gasteiger partial charge in [-0.15, -0.1) is 0 Å². The van der Waals surface area contributed by atoms with Crippen LogP contribution in [0.3, 0.4) is 0 Å². The van der Waals surface area contributed by atoms with E-state index in [9.17, 15) is 19.6 Å². The summed E-state index contributed by atoms with van der Waals surface area (Å²) in [6, 6.07) is 7.25. The third kappa shape index (κ3) is 4.90. The van der Waals surface area contributed by atoms with Gasteiger partial charge in [0.15, 0.2) is 0 Å². The quantitative estimate of drug-likeness (QED) is 0.529. The fourth-order valence-corrected chi connectivity index (χ4v) is 4.64. The van der Waals surface area contributed by atoms with Crippen LogP contribution < -0.4 is 21.5 Å². The molecule has 1 saturated carbocycles. The summed E-state index contributed by atoms with van der Waals surface area (Å²) in [6.45, 7) is 1.00. The highest BCUT2D eigenvalue weighted by molar-refractivity contribution is 6.02. The number of hydrogen-bond acceptors (Lipinski definition) is 6. The number of nitriles is 1. The first-order valence-electron chi connectivity index (χ1n) is 11.5. The van der Waals surface area contributed by atoms with E-state index in [1.54, 1.807) is 24.4 Å². The van der Waals surface area contributed by atoms with E-state index >= 15 is 0 Å². The van der Waals surface area contributed by atoms with Crippen LogP contribution in [0.25, 0.3) is 11.7 Å². The summed E-state index contributed by atoms with van der Waals surface area (Å²) in [7, 11) is 0. The van der Waals surface area contributed by atoms with Gasteiger partial charge in [0.05, 0.1) is 5.56 Å². The Morgan fingerprint density at radius 1 is 1.15 bits per heavy atom. The Balaban J connectivity index is 1.71. The first kappa shape index (κ1) is 22.5. The number of hydrogen-bond donors (Lipinski definition) is 2. The van der Waals surface area contributed by atoms with Crippen LogP contribution in [0.2, 0.25) is 0 Å². The summed E-state index contributed by atoms with van der Waals surface area (Å²) in [4.78, 5) is 44.4. The second kappa shape index (κ2) is 9.86. The number of aromatic nitrogens is 2. The molecule has 0 bridgehead atoms. The van der Waals surface area contributed by atoms with Gasteiger partial charge in [0, 0.05) is 31.2 Å². The zero-order valence-electron chi connectivity index (χ0n) is 18.5. The minimum atomic E-state index is -0.472. The normalized spacial score (nSPS) is 18.2. The molecule has 1 aliphatic carbocycles. The molecule has 0 radical (unpaired) electrons. The van der Waals surface area contributed by atoms with Crippen LogP contribution in [0.15, 0.2) is 34.8 Å². The number of carbonyl (C=O) groups is 2. The maximum Gasteiger partial charge on any atom is 0.267 e. The first-order valence-corrected chi connectivity index (χ1v) is 11.5. The summed E-state index contributed by atoms with van der Waals surface area (Å²) in [5.41, 5.74) is 5.64. The number of carbonyl (C=O) groups excluding carboxylic acids is 2. The molecule has 4 rings (SSSR count). The van der Waals surface area contributed by atoms with E-state index < -0.39 is 5.91 Å². The lowest BCUT2D eigenvalue weighted by molar-refractivity contribution is -0.122. The van der Waals surface area contributed by atoms with Crippen molar-refractivity contribution >= 4 is 29.4 Å². The molecular formula is C24H28N6O3. The molecule has 2 aromatic rings. The topological polar surface area (TPSA) is 134 Å². The van der Waals surface area contributed by atoms with E-state index in [0.29, 0.717) is 37.4 Å². The Labute approximate surface area is 191 Å². The first-order chi connectivity index (χ1) is 16.0. The zero-order valence-corrected chi connectivity index (χ0v) is 18.5. The molecule has 33 heavy (non-hydrogen) atoms. The molecule has 0 atom stereocenters. The second-order valence-corrected chi connectivity index (χ2v) is 8.72. The molecule has 3 N–H and O–H groups in total. The summed E-state index contributed by atoms with van der Waals surface area (Å²) >= 11 is 0. The number of rotatable bonds is 5. The van der Waals surface area contributed by atoms with Crippen molar-refractivity contribution in [2.75, 3.05) is 18.0 Å². The number of nitrogens with zero attached hydrogens (tertiary/aromatic N) is 4. The van der Waals surface area contributed by atoms with Crippen molar-refractivity contribution in [3.05, 3.63) is 45.9 Å². The number of nitrogens with one attached hydrogen (secondary N) is 1. The number of primary amides is 1. The maximum absolute atomic E-state index is 13.4. The molecule has 0 aromatic carbocycles. The van der Waals surface area contributed by atoms with Crippen LogP contribution in [0.5, 0.6) is 0 Å². The fourth-order valence-electron chi connectivity index (χ4n) is 4.64. The van der Waals surface area contributed by atoms with Crippen molar-refractivity contribution < 1.29 is 9.59 Å². The minimum absolute atomic E-state index is 0.0473. The lowest BCUT2D eigenvalue weighted by Gasteiger charge is -2.32. The Bertz CT molecular complexity index is 1180. The Kier molecular flexibility index (Phi) is 6.73. The van der Waals surface area contributed by atoms with Crippen LogP contribution in [-0.2, 0) is 9.59 Å². The van der Waals surface area contributed by atoms with Crippen molar-refractivity contribution in [3.63, 3.8) is 0 Å². The maximum atomic E-state index is 13.4. The van der Waals surface area contributed by atoms with Crippen LogP contribution in [0.1, 0.15) is 50.5 Å². The van der Waals surface area contributed by atoms with Crippen molar-refractivity contribution in [1.29, 1.82) is 5.26 Å². The van der Waals surface area contributed by atoms with E-state index in [0.717, 1.165) is 32.1 Å². The Morgan fingerprint density at radius 2 is 1.88 bits per heavy atom. The largest absolute Gasteiger partial charge is 0.369 e. The van der Waals surface area contributed by atoms with Crippen molar-refractivity contribution in [1.82, 2.24) is 14.7 Å². The van der Waals surface area contributed by atoms with Crippen molar-refractivity contribution in [2.24, 2.45) is 11.7 Å². The zero-order chi connectivity index (χ0) is 23.4. The summed E-state index contributed by atoms with van der Waals surface area (Å²) in [5.74, 6) is -0.599. The summed E-state index contributed by atoms with van der Waals surface area (Å²) in [6.07, 6.45) is 9.12. The van der Waals surface area contributed by atoms with E-state index in [1.165, 1.54) is 10.5 Å². The molecule has 3 heterocycles. The van der Waals surface area contributed by atoms with Crippen LogP contribution in [-0.4, -0.2) is 40.3 Å². The minimum Gasteiger partial charge on any atom is -0.369 e. The lowest BCUT2D eigenvalue weighted by Crippen LogP contribution is -2.40. The van der Waals surface area contributed by atoms with Crippen LogP contribution in [0, 0.1) is 17.2 Å². The molecule has 2 aliphatic rings. The number of nitrogens with two attached hydrogens (primary N) is 1. The SMILES string of the molecule is N#C/C(=C/c1c(N2CCC(C(N)=O)CC2)nc2ccccn2c1=O)C(=O)NC1CCCCC1. The van der Waals surface area contributed by atoms with Gasteiger partial charge in [0.1, 0.15) is 23.1 Å². The molecule has 172 valence electrons. The van der Waals surface area contributed by atoms with E-state index in [2.05, 4.69) is 10.3 Å². The van der Waals surface area contributed by atoms with Crippen LogP contribution >= 0.6 is 0 Å². The van der Waals surface area contributed by atoms with Gasteiger partial charge in [-0.1, -0.05) is 25.3 Å². The molecular weight excluding hydrogens is 420 g/mol. The Hall–Kier alpha value is -3.67. The highest BCUT2D eigenvalue weighted by atomic mass is 16.2. The third-order valence-corrected chi connectivity index (χ3v) is 6.54. The number of piperidine rings is 1. The van der Waals surface area contributed by atoms with E-state index in [1.807, 2.05) is 11.0 Å². The van der Waals surface area contributed by atoms with E-state index in [-0.39, 0.29) is 34.6 Å². The molecule has 2 fully saturated rings. The predicted octanol–water partition coefficient (Wildman–Crippen LogP) is 1.75. The average molecular weight is 449 g/mol. The number of anilines is 1. The van der Waals surface area contributed by atoms with Gasteiger partial charge in [0.2, 0.25) is 5.91 Å². The number of fused-ring (bicyclic) bond motifs is 1. The summed E-state index contributed by atoms with van der Waals surface area (Å²) in [5, 5.41) is 12.7. The van der Waals surface area contributed by atoms with Crippen LogP contribution in [0.4, 0.5) is 5.82 Å². The van der Waals surface area contributed by atoms with Crippen molar-refractivity contribution in [3.8, 4) is 6.07 Å². The molecule has 1 saturated heterocycles. The summed E-state index contributed by atoms with van der Waals surface area (Å²) < 4.78 is 1.40. The molecule has 2 aromatic heterocycles. The molecule has 0 spiro atoms. The number of pyridine rings is 1. The standard InChI is InChI=1S/C24H28N6O3/c25-15-17(23(32)27-18-6-2-1-3-7-18)14-19-22(29-12-9-16(10-13-29)21(26)31)28-20-8-4-5-11-30(20)24(19)33/h4-5,8,11,14,16,18H,1-3,6-7,9-10,12-13H2,(H2,26,31)(H,27,32)/b17-14-. The number of amides is 2. The molecule has 1 aliphatic heterocycles. The highest BCUT2D eigenvalue weighted by Crippen LogP contribution is 2.25. The van der Waals surface area contributed by atoms with Gasteiger partial charge in [-0.25, -0.2) is 4.98 Å². The van der Waals surface area contributed by atoms with Gasteiger partial charge >= 0.3 is 0 Å². The predicted molar refractivity (Wildman–Crippen MR) is 124 cm³/mol. The fraction of sp³-hybridized carbons (Fsp3) is 0.458. The lowest BCUT2D eigenvalue weighted by atomic mass is 9.95. The smallest absolute Gasteiger partial charge is 0.267 e. The molecule has 9 nitrogen and oxygen atoms in total. The molecule has 9 heteroatoms. The van der Waals surface area contributed by atoms with Gasteiger partial charge in [-0.2, -0.15) is 5.26 Å². The van der Waals surface area contributed by atoms with E-state index in [4.69, 9.17) is 5.73 Å². The molecule has 2 amide bonds. The second-order valence-electron chi connectivity index (χ2n) is 8.72.